The molecule has 2 rings (SSSR count). The summed E-state index contributed by atoms with van der Waals surface area (Å²) in [6.07, 6.45) is 1.27. The third-order valence-electron chi connectivity index (χ3n) is 1.37. The maximum absolute atomic E-state index is 5.07. The third-order valence-corrected chi connectivity index (χ3v) is 1.37. The molecule has 2 nitrogen and oxygen atoms in total. The molecule has 0 N–H and O–H groups in total. The Labute approximate surface area is 48.5 Å². The van der Waals surface area contributed by atoms with Crippen LogP contribution in [0.5, 0.6) is 0 Å². The van der Waals surface area contributed by atoms with Gasteiger partial charge in [0, 0.05) is 6.42 Å². The first kappa shape index (κ1) is 4.43. The van der Waals surface area contributed by atoms with Crippen molar-refractivity contribution < 1.29 is 9.31 Å². The van der Waals surface area contributed by atoms with Crippen LogP contribution in [0, 0.1) is 11.8 Å². The summed E-state index contributed by atoms with van der Waals surface area (Å²) < 4.78 is 10.1. The van der Waals surface area contributed by atoms with Gasteiger partial charge in [-0.15, -0.1) is 0 Å². The van der Waals surface area contributed by atoms with Crippen LogP contribution in [0.15, 0.2) is 0 Å². The van der Waals surface area contributed by atoms with E-state index in [0.717, 1.165) is 6.42 Å². The Hall–Kier alpha value is -0.455. The molecule has 0 aromatic rings. The predicted octanol–water partition coefficient (Wildman–Crippen LogP) is -0.556. The molecule has 1 fully saturated rings. The molecule has 0 radical (unpaired) electrons. The highest BCUT2D eigenvalue weighted by Crippen LogP contribution is 2.15. The molecular weight excluding hydrogens is 103 g/mol. The largest absolute Gasteiger partial charge is 0.439 e. The molecule has 8 heavy (non-hydrogen) atoms. The first-order valence-electron chi connectivity index (χ1n) is 2.69. The molecule has 3 heteroatoms. The molecule has 1 saturated heterocycles. The minimum Gasteiger partial charge on any atom is -0.400 e. The van der Waals surface area contributed by atoms with Crippen LogP contribution in [0.1, 0.15) is 6.42 Å². The zero-order valence-electron chi connectivity index (χ0n) is 4.39. The van der Waals surface area contributed by atoms with E-state index in [1.165, 1.54) is 0 Å². The second-order valence-corrected chi connectivity index (χ2v) is 1.95. The molecule has 1 heterocycles. The average molecular weight is 108 g/mol. The zero-order chi connectivity index (χ0) is 5.40. The highest BCUT2D eigenvalue weighted by molar-refractivity contribution is 6.18. The van der Waals surface area contributed by atoms with Crippen LogP contribution in [-0.2, 0) is 9.31 Å². The average Bonchev–Trinajstić information content (AvgIpc) is 2.12. The lowest BCUT2D eigenvalue weighted by molar-refractivity contribution is 0.0976. The molecular formula is C5H5BO2. The molecule has 0 spiro atoms. The van der Waals surface area contributed by atoms with Gasteiger partial charge in [0.15, 0.2) is 0 Å². The van der Waals surface area contributed by atoms with E-state index in [0.29, 0.717) is 7.69 Å². The second kappa shape index (κ2) is 1.51. The SMILES string of the molecule is B1OC2C#CC(C2)O1. The standard InChI is InChI=1S/C5H5BO2/c1-2-5-3-4(1)7-6-8-5/h4-6H,3H2. The molecule has 2 atom stereocenters. The predicted molar refractivity (Wildman–Crippen MR) is 29.3 cm³/mol. The second-order valence-electron chi connectivity index (χ2n) is 1.95. The summed E-state index contributed by atoms with van der Waals surface area (Å²) in [5, 5.41) is 0. The summed E-state index contributed by atoms with van der Waals surface area (Å²) in [5.41, 5.74) is 0. The first-order valence-corrected chi connectivity index (χ1v) is 2.69. The Morgan fingerprint density at radius 2 is 1.88 bits per heavy atom. The van der Waals surface area contributed by atoms with Gasteiger partial charge in [-0.05, 0) is 0 Å². The number of fused-ring (bicyclic) bond motifs is 2. The van der Waals surface area contributed by atoms with Gasteiger partial charge in [0.25, 0.3) is 0 Å². The van der Waals surface area contributed by atoms with Crippen LogP contribution < -0.4 is 0 Å². The Morgan fingerprint density at radius 1 is 1.25 bits per heavy atom. The van der Waals surface area contributed by atoms with E-state index in [1.807, 2.05) is 0 Å². The van der Waals surface area contributed by atoms with Crippen molar-refractivity contribution in [3.05, 3.63) is 0 Å². The molecule has 0 amide bonds. The summed E-state index contributed by atoms with van der Waals surface area (Å²) in [6.45, 7) is 0. The van der Waals surface area contributed by atoms with E-state index < -0.39 is 0 Å². The van der Waals surface area contributed by atoms with E-state index >= 15 is 0 Å². The zero-order valence-corrected chi connectivity index (χ0v) is 4.39. The van der Waals surface area contributed by atoms with Crippen molar-refractivity contribution in [2.75, 3.05) is 0 Å². The van der Waals surface area contributed by atoms with Gasteiger partial charge in [-0.1, -0.05) is 11.8 Å². The first-order chi connectivity index (χ1) is 3.95. The van der Waals surface area contributed by atoms with Crippen LogP contribution in [0.25, 0.3) is 0 Å². The molecule has 0 aromatic heterocycles. The lowest BCUT2D eigenvalue weighted by Gasteiger charge is -2.17. The van der Waals surface area contributed by atoms with Crippen molar-refractivity contribution >= 4 is 7.69 Å². The monoisotopic (exact) mass is 108 g/mol. The smallest absolute Gasteiger partial charge is 0.400 e. The third kappa shape index (κ3) is 0.541. The summed E-state index contributed by atoms with van der Waals surface area (Å²) in [4.78, 5) is 0. The fourth-order valence-corrected chi connectivity index (χ4v) is 0.921. The van der Waals surface area contributed by atoms with E-state index in [4.69, 9.17) is 9.31 Å². The number of hydrogen-bond donors (Lipinski definition) is 0. The normalized spacial score (nSPS) is 40.0. The van der Waals surface area contributed by atoms with Crippen LogP contribution in [-0.4, -0.2) is 19.9 Å². The van der Waals surface area contributed by atoms with Gasteiger partial charge in [-0.25, -0.2) is 0 Å². The van der Waals surface area contributed by atoms with E-state index in [1.54, 1.807) is 0 Å². The maximum atomic E-state index is 5.07. The van der Waals surface area contributed by atoms with Crippen molar-refractivity contribution in [3.8, 4) is 11.8 Å². The molecule has 40 valence electrons. The minimum atomic E-state index is 0.175. The molecule has 0 aromatic carbocycles. The highest BCUT2D eigenvalue weighted by Gasteiger charge is 2.24. The van der Waals surface area contributed by atoms with Gasteiger partial charge >= 0.3 is 7.69 Å². The quantitative estimate of drug-likeness (QED) is 0.306. The Morgan fingerprint density at radius 3 is 2.38 bits per heavy atom. The van der Waals surface area contributed by atoms with Gasteiger partial charge in [-0.2, -0.15) is 0 Å². The molecule has 1 aliphatic heterocycles. The van der Waals surface area contributed by atoms with Gasteiger partial charge in [0.2, 0.25) is 0 Å². The summed E-state index contributed by atoms with van der Waals surface area (Å²) in [7, 11) is 0.412. The number of rotatable bonds is 0. The maximum Gasteiger partial charge on any atom is 0.439 e. The van der Waals surface area contributed by atoms with Crippen molar-refractivity contribution in [1.82, 2.24) is 0 Å². The van der Waals surface area contributed by atoms with Crippen molar-refractivity contribution in [3.63, 3.8) is 0 Å². The van der Waals surface area contributed by atoms with Crippen molar-refractivity contribution in [2.24, 2.45) is 0 Å². The van der Waals surface area contributed by atoms with Gasteiger partial charge in [0.1, 0.15) is 12.2 Å². The molecule has 0 saturated carbocycles. The molecule has 2 aliphatic rings. The van der Waals surface area contributed by atoms with Gasteiger partial charge < -0.3 is 9.31 Å². The summed E-state index contributed by atoms with van der Waals surface area (Å²) in [5.74, 6) is 5.84. The fourth-order valence-electron chi connectivity index (χ4n) is 0.921. The van der Waals surface area contributed by atoms with E-state index in [9.17, 15) is 0 Å². The van der Waals surface area contributed by atoms with E-state index in [-0.39, 0.29) is 12.2 Å². The molecule has 1 aliphatic carbocycles. The van der Waals surface area contributed by atoms with Gasteiger partial charge in [0.05, 0.1) is 0 Å². The minimum absolute atomic E-state index is 0.175. The van der Waals surface area contributed by atoms with Crippen LogP contribution in [0.4, 0.5) is 0 Å². The fraction of sp³-hybridized carbons (Fsp3) is 0.600. The summed E-state index contributed by atoms with van der Waals surface area (Å²) >= 11 is 0. The van der Waals surface area contributed by atoms with Crippen molar-refractivity contribution in [2.45, 2.75) is 18.6 Å². The van der Waals surface area contributed by atoms with Crippen molar-refractivity contribution in [1.29, 1.82) is 0 Å². The van der Waals surface area contributed by atoms with Crippen LogP contribution >= 0.6 is 0 Å². The van der Waals surface area contributed by atoms with Gasteiger partial charge in [-0.3, -0.25) is 0 Å². The molecule has 2 bridgehead atoms. The Kier molecular flexibility index (Phi) is 0.835. The number of hydrogen-bond acceptors (Lipinski definition) is 2. The lowest BCUT2D eigenvalue weighted by Crippen LogP contribution is -2.26. The van der Waals surface area contributed by atoms with E-state index in [2.05, 4.69) is 11.8 Å². The Bertz CT molecular complexity index is 144. The molecule has 2 unspecified atom stereocenters. The topological polar surface area (TPSA) is 18.5 Å². The van der Waals surface area contributed by atoms with Crippen LogP contribution in [0.3, 0.4) is 0 Å². The lowest BCUT2D eigenvalue weighted by atomic mass is 10.2. The highest BCUT2D eigenvalue weighted by atomic mass is 16.6. The van der Waals surface area contributed by atoms with Crippen LogP contribution in [0.2, 0.25) is 0 Å². The summed E-state index contributed by atoms with van der Waals surface area (Å²) in [6, 6.07) is 0. The Balaban J connectivity index is 2.17.